The molecule has 3 fully saturated rings. The van der Waals surface area contributed by atoms with Gasteiger partial charge in [0.25, 0.3) is 5.91 Å². The standard InChI is InChI=1S/C21H31N3O5S/c1-24-12-5-3-2-4-7-14-13-21(14,20(27)23-30(28,29)15-10-11-15)22-18(25)16-8-6-9-17(16)19(24)26/h4,7,14-17H,2-3,5-6,8-13H2,1H3,(H,22,25)(H,23,27)/b7-4-/t14-,16?,17-,21-/m1/s1. The predicted octanol–water partition coefficient (Wildman–Crippen LogP) is 1.08. The lowest BCUT2D eigenvalue weighted by molar-refractivity contribution is -0.140. The average Bonchev–Trinajstić information content (AvgIpc) is 3.60. The minimum Gasteiger partial charge on any atom is -0.346 e. The number of amides is 3. The van der Waals surface area contributed by atoms with E-state index in [0.717, 1.165) is 25.7 Å². The van der Waals surface area contributed by atoms with Gasteiger partial charge in [0.1, 0.15) is 5.54 Å². The van der Waals surface area contributed by atoms with Gasteiger partial charge >= 0.3 is 0 Å². The minimum atomic E-state index is -3.69. The molecule has 3 aliphatic carbocycles. The molecule has 3 amide bonds. The van der Waals surface area contributed by atoms with E-state index in [-0.39, 0.29) is 23.7 Å². The number of allylic oxidation sites excluding steroid dienone is 1. The fourth-order valence-corrected chi connectivity index (χ4v) is 6.17. The van der Waals surface area contributed by atoms with E-state index in [0.29, 0.717) is 38.6 Å². The van der Waals surface area contributed by atoms with Crippen LogP contribution < -0.4 is 10.0 Å². The van der Waals surface area contributed by atoms with Gasteiger partial charge in [0.2, 0.25) is 21.8 Å². The second kappa shape index (κ2) is 7.98. The largest absolute Gasteiger partial charge is 0.346 e. The Kier molecular flexibility index (Phi) is 5.67. The highest BCUT2D eigenvalue weighted by Crippen LogP contribution is 2.46. The number of nitrogens with one attached hydrogen (secondary N) is 2. The van der Waals surface area contributed by atoms with Crippen molar-refractivity contribution in [2.75, 3.05) is 13.6 Å². The topological polar surface area (TPSA) is 113 Å². The molecule has 4 aliphatic rings. The molecular weight excluding hydrogens is 406 g/mol. The molecule has 8 nitrogen and oxygen atoms in total. The van der Waals surface area contributed by atoms with Gasteiger partial charge in [-0.3, -0.25) is 19.1 Å². The Hall–Kier alpha value is -1.90. The zero-order chi connectivity index (χ0) is 21.5. The van der Waals surface area contributed by atoms with Crippen LogP contribution in [0.4, 0.5) is 0 Å². The Morgan fingerprint density at radius 2 is 1.87 bits per heavy atom. The number of hydrogen-bond acceptors (Lipinski definition) is 5. The Balaban J connectivity index is 1.57. The fourth-order valence-electron chi connectivity index (χ4n) is 4.81. The van der Waals surface area contributed by atoms with Gasteiger partial charge in [-0.1, -0.05) is 18.6 Å². The van der Waals surface area contributed by atoms with E-state index in [1.54, 1.807) is 11.9 Å². The zero-order valence-corrected chi connectivity index (χ0v) is 18.2. The molecule has 0 saturated heterocycles. The molecule has 4 rings (SSSR count). The molecule has 1 aliphatic heterocycles. The van der Waals surface area contributed by atoms with Crippen molar-refractivity contribution in [3.8, 4) is 0 Å². The van der Waals surface area contributed by atoms with Gasteiger partial charge in [0.05, 0.1) is 5.25 Å². The first-order valence-corrected chi connectivity index (χ1v) is 12.6. The Morgan fingerprint density at radius 3 is 2.60 bits per heavy atom. The monoisotopic (exact) mass is 437 g/mol. The number of sulfonamides is 1. The van der Waals surface area contributed by atoms with Crippen LogP contribution in [0.15, 0.2) is 12.2 Å². The van der Waals surface area contributed by atoms with Crippen molar-refractivity contribution >= 4 is 27.7 Å². The summed E-state index contributed by atoms with van der Waals surface area (Å²) >= 11 is 0. The summed E-state index contributed by atoms with van der Waals surface area (Å²) in [4.78, 5) is 40.7. The Bertz CT molecular complexity index is 866. The number of nitrogens with zero attached hydrogens (tertiary/aromatic N) is 1. The van der Waals surface area contributed by atoms with Crippen molar-refractivity contribution in [3.63, 3.8) is 0 Å². The third-order valence-electron chi connectivity index (χ3n) is 6.99. The summed E-state index contributed by atoms with van der Waals surface area (Å²) in [5.74, 6) is -2.05. The van der Waals surface area contributed by atoms with E-state index in [2.05, 4.69) is 10.0 Å². The lowest BCUT2D eigenvalue weighted by Gasteiger charge is -2.27. The third kappa shape index (κ3) is 4.13. The van der Waals surface area contributed by atoms with Gasteiger partial charge in [-0.05, 0) is 51.4 Å². The number of rotatable bonds is 3. The molecule has 4 atom stereocenters. The van der Waals surface area contributed by atoms with Crippen molar-refractivity contribution < 1.29 is 22.8 Å². The van der Waals surface area contributed by atoms with Crippen LogP contribution in [0.1, 0.15) is 57.8 Å². The highest BCUT2D eigenvalue weighted by molar-refractivity contribution is 7.91. The summed E-state index contributed by atoms with van der Waals surface area (Å²) in [6.07, 6.45) is 10.1. The predicted molar refractivity (Wildman–Crippen MR) is 111 cm³/mol. The Morgan fingerprint density at radius 1 is 1.13 bits per heavy atom. The molecule has 0 aromatic rings. The second-order valence-corrected chi connectivity index (χ2v) is 11.2. The molecule has 30 heavy (non-hydrogen) atoms. The minimum absolute atomic E-state index is 0.0117. The maximum absolute atomic E-state index is 13.1. The van der Waals surface area contributed by atoms with Gasteiger partial charge in [-0.15, -0.1) is 0 Å². The maximum Gasteiger partial charge on any atom is 0.259 e. The lowest BCUT2D eigenvalue weighted by atomic mass is 9.93. The van der Waals surface area contributed by atoms with Crippen LogP contribution in [0.5, 0.6) is 0 Å². The van der Waals surface area contributed by atoms with Gasteiger partial charge in [0.15, 0.2) is 0 Å². The van der Waals surface area contributed by atoms with E-state index < -0.39 is 32.6 Å². The molecule has 9 heteroatoms. The summed E-state index contributed by atoms with van der Waals surface area (Å²) in [6, 6.07) is 0. The molecular formula is C21H31N3O5S. The summed E-state index contributed by atoms with van der Waals surface area (Å²) < 4.78 is 26.8. The first-order valence-electron chi connectivity index (χ1n) is 11.0. The molecule has 3 saturated carbocycles. The highest BCUT2D eigenvalue weighted by Gasteiger charge is 2.61. The van der Waals surface area contributed by atoms with Crippen molar-refractivity contribution in [2.45, 2.75) is 68.6 Å². The van der Waals surface area contributed by atoms with Crippen LogP contribution in [-0.4, -0.2) is 55.4 Å². The quantitative estimate of drug-likeness (QED) is 0.642. The first kappa shape index (κ1) is 21.3. The molecule has 166 valence electrons. The van der Waals surface area contributed by atoms with Crippen LogP contribution in [0.25, 0.3) is 0 Å². The van der Waals surface area contributed by atoms with Crippen LogP contribution >= 0.6 is 0 Å². The van der Waals surface area contributed by atoms with Gasteiger partial charge < -0.3 is 10.2 Å². The maximum atomic E-state index is 13.1. The van der Waals surface area contributed by atoms with Crippen LogP contribution in [0.3, 0.4) is 0 Å². The summed E-state index contributed by atoms with van der Waals surface area (Å²) in [5, 5.41) is 2.37. The van der Waals surface area contributed by atoms with Crippen LogP contribution in [0, 0.1) is 17.8 Å². The molecule has 2 N–H and O–H groups in total. The summed E-state index contributed by atoms with van der Waals surface area (Å²) in [7, 11) is -1.91. The molecule has 0 spiro atoms. The van der Waals surface area contributed by atoms with Crippen molar-refractivity contribution in [2.24, 2.45) is 17.8 Å². The summed E-state index contributed by atoms with van der Waals surface area (Å²) in [6.45, 7) is 0.673. The van der Waals surface area contributed by atoms with Crippen molar-refractivity contribution in [1.29, 1.82) is 0 Å². The SMILES string of the molecule is CN1CCCC/C=C\[C@@H]2C[C@@]2(C(=O)NS(=O)(=O)C2CC2)NC(=O)C2CCC[C@H]2C1=O. The number of carbonyl (C=O) groups is 3. The summed E-state index contributed by atoms with van der Waals surface area (Å²) in [5.41, 5.74) is -1.23. The van der Waals surface area contributed by atoms with E-state index >= 15 is 0 Å². The number of carbonyl (C=O) groups excluding carboxylic acids is 3. The molecule has 0 aromatic carbocycles. The lowest BCUT2D eigenvalue weighted by Crippen LogP contribution is -2.54. The molecule has 1 unspecified atom stereocenters. The van der Waals surface area contributed by atoms with Crippen molar-refractivity contribution in [3.05, 3.63) is 12.2 Å². The van der Waals surface area contributed by atoms with Gasteiger partial charge in [-0.2, -0.15) is 0 Å². The van der Waals surface area contributed by atoms with Gasteiger partial charge in [-0.25, -0.2) is 8.42 Å². The fraction of sp³-hybridized carbons (Fsp3) is 0.762. The van der Waals surface area contributed by atoms with Crippen molar-refractivity contribution in [1.82, 2.24) is 14.9 Å². The highest BCUT2D eigenvalue weighted by atomic mass is 32.2. The molecule has 1 heterocycles. The van der Waals surface area contributed by atoms with E-state index in [4.69, 9.17) is 0 Å². The van der Waals surface area contributed by atoms with E-state index in [1.807, 2.05) is 12.2 Å². The first-order chi connectivity index (χ1) is 14.2. The average molecular weight is 438 g/mol. The number of fused-ring (bicyclic) bond motifs is 2. The van der Waals surface area contributed by atoms with Gasteiger partial charge in [0, 0.05) is 31.3 Å². The zero-order valence-electron chi connectivity index (χ0n) is 17.4. The molecule has 0 bridgehead atoms. The normalized spacial score (nSPS) is 36.2. The molecule has 0 aromatic heterocycles. The van der Waals surface area contributed by atoms with Crippen LogP contribution in [-0.2, 0) is 24.4 Å². The number of hydrogen-bond donors (Lipinski definition) is 2. The van der Waals surface area contributed by atoms with E-state index in [1.165, 1.54) is 0 Å². The molecule has 0 radical (unpaired) electrons. The van der Waals surface area contributed by atoms with Crippen LogP contribution in [0.2, 0.25) is 0 Å². The third-order valence-corrected chi connectivity index (χ3v) is 8.81. The smallest absolute Gasteiger partial charge is 0.259 e. The Labute approximate surface area is 177 Å². The second-order valence-electron chi connectivity index (χ2n) is 9.27. The van der Waals surface area contributed by atoms with E-state index in [9.17, 15) is 22.8 Å².